The van der Waals surface area contributed by atoms with E-state index < -0.39 is 5.92 Å². The zero-order valence-electron chi connectivity index (χ0n) is 19.2. The lowest BCUT2D eigenvalue weighted by atomic mass is 9.91. The number of carbonyl (C=O) groups is 3. The van der Waals surface area contributed by atoms with Gasteiger partial charge < -0.3 is 23.9 Å². The number of rotatable bonds is 7. The van der Waals surface area contributed by atoms with Crippen LogP contribution in [0.15, 0.2) is 47.1 Å². The first-order chi connectivity index (χ1) is 16.0. The van der Waals surface area contributed by atoms with E-state index in [4.69, 9.17) is 9.15 Å². The van der Waals surface area contributed by atoms with Gasteiger partial charge in [-0.05, 0) is 36.2 Å². The Labute approximate surface area is 194 Å². The van der Waals surface area contributed by atoms with Crippen LogP contribution in [0.2, 0.25) is 0 Å². The van der Waals surface area contributed by atoms with Gasteiger partial charge in [0.25, 0.3) is 5.91 Å². The van der Waals surface area contributed by atoms with Gasteiger partial charge in [0.2, 0.25) is 11.8 Å². The zero-order valence-corrected chi connectivity index (χ0v) is 19.2. The van der Waals surface area contributed by atoms with Gasteiger partial charge in [0.15, 0.2) is 5.76 Å². The number of nitrogens with zero attached hydrogens (tertiary/aromatic N) is 3. The van der Waals surface area contributed by atoms with Crippen LogP contribution in [0.5, 0.6) is 5.75 Å². The molecule has 0 spiro atoms. The molecule has 8 heteroatoms. The van der Waals surface area contributed by atoms with E-state index in [-0.39, 0.29) is 30.2 Å². The van der Waals surface area contributed by atoms with Crippen molar-refractivity contribution < 1.29 is 23.5 Å². The Morgan fingerprint density at radius 3 is 2.36 bits per heavy atom. The average molecular weight is 454 g/mol. The molecule has 176 valence electrons. The van der Waals surface area contributed by atoms with Crippen LogP contribution in [0.1, 0.15) is 48.3 Å². The topological polar surface area (TPSA) is 83.3 Å². The van der Waals surface area contributed by atoms with Gasteiger partial charge >= 0.3 is 0 Å². The summed E-state index contributed by atoms with van der Waals surface area (Å²) in [5.41, 5.74) is 0.947. The molecule has 2 unspecified atom stereocenters. The number of likely N-dealkylation sites (tertiary alicyclic amines) is 1. The summed E-state index contributed by atoms with van der Waals surface area (Å²) in [6, 6.07) is 10.7. The first kappa shape index (κ1) is 22.9. The lowest BCUT2D eigenvalue weighted by Gasteiger charge is -2.37. The smallest absolute Gasteiger partial charge is 0.289 e. The van der Waals surface area contributed by atoms with Crippen LogP contribution >= 0.6 is 0 Å². The monoisotopic (exact) mass is 453 g/mol. The highest BCUT2D eigenvalue weighted by Crippen LogP contribution is 2.40. The van der Waals surface area contributed by atoms with E-state index in [0.29, 0.717) is 38.5 Å². The molecule has 0 saturated carbocycles. The molecular weight excluding hydrogens is 422 g/mol. The Kier molecular flexibility index (Phi) is 7.01. The van der Waals surface area contributed by atoms with Gasteiger partial charge in [-0.25, -0.2) is 0 Å². The van der Waals surface area contributed by atoms with Crippen LogP contribution in [0.25, 0.3) is 0 Å². The fraction of sp³-hybridized carbons (Fsp3) is 0.480. The van der Waals surface area contributed by atoms with Crippen molar-refractivity contribution >= 4 is 17.7 Å². The summed E-state index contributed by atoms with van der Waals surface area (Å²) in [5.74, 6) is 0.452. The van der Waals surface area contributed by atoms with E-state index in [2.05, 4.69) is 6.92 Å². The molecule has 4 rings (SSSR count). The third-order valence-electron chi connectivity index (χ3n) is 6.57. The lowest BCUT2D eigenvalue weighted by molar-refractivity contribution is -0.138. The number of ether oxygens (including phenoxy) is 1. The second kappa shape index (κ2) is 10.1. The predicted molar refractivity (Wildman–Crippen MR) is 122 cm³/mol. The molecule has 3 amide bonds. The minimum absolute atomic E-state index is 0.0201. The van der Waals surface area contributed by atoms with Crippen molar-refractivity contribution in [1.82, 2.24) is 14.7 Å². The van der Waals surface area contributed by atoms with Crippen LogP contribution in [0.3, 0.4) is 0 Å². The Morgan fingerprint density at radius 1 is 1.06 bits per heavy atom. The number of hydrogen-bond acceptors (Lipinski definition) is 5. The van der Waals surface area contributed by atoms with Crippen molar-refractivity contribution in [1.29, 1.82) is 0 Å². The van der Waals surface area contributed by atoms with Crippen LogP contribution in [0.4, 0.5) is 0 Å². The van der Waals surface area contributed by atoms with E-state index in [9.17, 15) is 14.4 Å². The Balaban J connectivity index is 1.48. The molecule has 2 saturated heterocycles. The molecule has 1 aromatic carbocycles. The third kappa shape index (κ3) is 4.74. The molecule has 0 bridgehead atoms. The number of amides is 3. The van der Waals surface area contributed by atoms with Gasteiger partial charge in [0, 0.05) is 39.1 Å². The van der Waals surface area contributed by atoms with Crippen LogP contribution in [0, 0.1) is 5.92 Å². The molecule has 2 aliphatic heterocycles. The van der Waals surface area contributed by atoms with Gasteiger partial charge in [0.1, 0.15) is 5.75 Å². The molecule has 1 aromatic heterocycles. The molecule has 3 heterocycles. The molecular formula is C25H31N3O5. The summed E-state index contributed by atoms with van der Waals surface area (Å²) in [7, 11) is 1.62. The summed E-state index contributed by atoms with van der Waals surface area (Å²) in [4.78, 5) is 44.4. The fourth-order valence-electron chi connectivity index (χ4n) is 4.74. The lowest BCUT2D eigenvalue weighted by Crippen LogP contribution is -2.52. The van der Waals surface area contributed by atoms with Crippen LogP contribution < -0.4 is 4.74 Å². The van der Waals surface area contributed by atoms with Crippen molar-refractivity contribution in [3.05, 3.63) is 54.0 Å². The largest absolute Gasteiger partial charge is 0.497 e. The zero-order chi connectivity index (χ0) is 23.4. The average Bonchev–Trinajstić information content (AvgIpc) is 3.50. The highest BCUT2D eigenvalue weighted by atomic mass is 16.5. The predicted octanol–water partition coefficient (Wildman–Crippen LogP) is 2.96. The molecule has 2 fully saturated rings. The van der Waals surface area contributed by atoms with Crippen LogP contribution in [-0.4, -0.2) is 72.3 Å². The number of benzene rings is 1. The quantitative estimate of drug-likeness (QED) is 0.644. The molecule has 0 aliphatic carbocycles. The number of unbranched alkanes of at least 4 members (excludes halogenated alkanes) is 1. The van der Waals surface area contributed by atoms with E-state index in [1.165, 1.54) is 6.26 Å². The van der Waals surface area contributed by atoms with Crippen molar-refractivity contribution in [3.63, 3.8) is 0 Å². The number of carbonyl (C=O) groups excluding carboxylic acids is 3. The fourth-order valence-corrected chi connectivity index (χ4v) is 4.74. The molecule has 0 N–H and O–H groups in total. The van der Waals surface area contributed by atoms with Crippen molar-refractivity contribution in [2.75, 3.05) is 39.8 Å². The van der Waals surface area contributed by atoms with E-state index in [1.807, 2.05) is 29.2 Å². The van der Waals surface area contributed by atoms with Crippen molar-refractivity contribution in [3.8, 4) is 5.75 Å². The summed E-state index contributed by atoms with van der Waals surface area (Å²) in [5, 5.41) is 0. The third-order valence-corrected chi connectivity index (χ3v) is 6.57. The van der Waals surface area contributed by atoms with Crippen LogP contribution in [-0.2, 0) is 9.59 Å². The first-order valence-electron chi connectivity index (χ1n) is 11.6. The second-order valence-electron chi connectivity index (χ2n) is 8.56. The van der Waals surface area contributed by atoms with Gasteiger partial charge in [-0.1, -0.05) is 25.5 Å². The highest BCUT2D eigenvalue weighted by molar-refractivity contribution is 5.92. The van der Waals surface area contributed by atoms with Gasteiger partial charge in [0.05, 0.1) is 25.3 Å². The SMILES string of the molecule is CCCCN1C(=O)CC(C(=O)N2CCN(C(=O)c3ccco3)CC2)C1c1ccc(OC)cc1. The van der Waals surface area contributed by atoms with Gasteiger partial charge in [-0.2, -0.15) is 0 Å². The Hall–Kier alpha value is -3.29. The molecule has 2 aromatic rings. The molecule has 2 atom stereocenters. The van der Waals surface area contributed by atoms with Gasteiger partial charge in [-0.15, -0.1) is 0 Å². The highest BCUT2D eigenvalue weighted by Gasteiger charge is 2.46. The first-order valence-corrected chi connectivity index (χ1v) is 11.6. The van der Waals surface area contributed by atoms with Crippen molar-refractivity contribution in [2.24, 2.45) is 5.92 Å². The molecule has 33 heavy (non-hydrogen) atoms. The maximum atomic E-state index is 13.6. The van der Waals surface area contributed by atoms with Crippen molar-refractivity contribution in [2.45, 2.75) is 32.2 Å². The number of piperazine rings is 1. The summed E-state index contributed by atoms with van der Waals surface area (Å²) < 4.78 is 10.5. The van der Waals surface area contributed by atoms with Gasteiger partial charge in [-0.3, -0.25) is 14.4 Å². The standard InChI is InChI=1S/C25H31N3O5/c1-3-4-11-28-22(29)17-20(23(28)18-7-9-19(32-2)10-8-18)24(30)26-12-14-27(15-13-26)25(31)21-6-5-16-33-21/h5-10,16,20,23H,3-4,11-15,17H2,1-2H3. The number of hydrogen-bond donors (Lipinski definition) is 0. The van der Waals surface area contributed by atoms with E-state index in [1.54, 1.807) is 29.0 Å². The summed E-state index contributed by atoms with van der Waals surface area (Å²) >= 11 is 0. The summed E-state index contributed by atoms with van der Waals surface area (Å²) in [6.07, 6.45) is 3.56. The maximum absolute atomic E-state index is 13.6. The minimum Gasteiger partial charge on any atom is -0.497 e. The summed E-state index contributed by atoms with van der Waals surface area (Å²) in [6.45, 7) is 4.51. The molecule has 0 radical (unpaired) electrons. The Bertz CT molecular complexity index is 964. The number of methoxy groups -OCH3 is 1. The minimum atomic E-state index is -0.435. The van der Waals surface area contributed by atoms with E-state index >= 15 is 0 Å². The second-order valence-corrected chi connectivity index (χ2v) is 8.56. The molecule has 8 nitrogen and oxygen atoms in total. The molecule has 2 aliphatic rings. The Morgan fingerprint density at radius 2 is 1.76 bits per heavy atom. The normalized spacial score (nSPS) is 20.9. The number of furan rings is 1. The maximum Gasteiger partial charge on any atom is 0.289 e. The van der Waals surface area contributed by atoms with E-state index in [0.717, 1.165) is 24.2 Å².